The highest BCUT2D eigenvalue weighted by molar-refractivity contribution is 5.31. The van der Waals surface area contributed by atoms with Crippen LogP contribution in [-0.2, 0) is 0 Å². The van der Waals surface area contributed by atoms with Crippen LogP contribution in [0.4, 0.5) is 0 Å². The average molecular weight is 279 g/mol. The molecule has 0 spiro atoms. The summed E-state index contributed by atoms with van der Waals surface area (Å²) in [6.45, 7) is 4.40. The highest BCUT2D eigenvalue weighted by Gasteiger charge is 2.15. The molecule has 110 valence electrons. The first-order valence-electron chi connectivity index (χ1n) is 7.70. The van der Waals surface area contributed by atoms with Crippen LogP contribution in [0, 0.1) is 5.92 Å². The average Bonchev–Trinajstić information content (AvgIpc) is 2.55. The summed E-state index contributed by atoms with van der Waals surface area (Å²) in [6, 6.07) is 19.6. The van der Waals surface area contributed by atoms with Gasteiger partial charge in [-0.3, -0.25) is 0 Å². The fourth-order valence-corrected chi connectivity index (χ4v) is 2.85. The first kappa shape index (κ1) is 15.5. The highest BCUT2D eigenvalue weighted by Crippen LogP contribution is 2.24. The summed E-state index contributed by atoms with van der Waals surface area (Å²) in [5, 5.41) is 6.09. The van der Waals surface area contributed by atoms with E-state index >= 15 is 0 Å². The summed E-state index contributed by atoms with van der Waals surface area (Å²) < 4.78 is 0. The lowest BCUT2D eigenvalue weighted by atomic mass is 9.91. The monoisotopic (exact) mass is 279 g/mol. The molecule has 0 fully saturated rings. The third-order valence-electron chi connectivity index (χ3n) is 4.06. The standard InChI is InChI=1S/C20H25N/c1-4-17-10-8-9-11-18(17)15-14-16(2)20(21-3)19-12-6-5-7-13-19/h4-13,15-16,20-21H,14H2,1-3H3/b17-4-,18-15-. The van der Waals surface area contributed by atoms with Crippen LogP contribution < -0.4 is 15.8 Å². The van der Waals surface area contributed by atoms with E-state index in [2.05, 4.69) is 85.9 Å². The van der Waals surface area contributed by atoms with Crippen LogP contribution in [0.25, 0.3) is 12.2 Å². The maximum Gasteiger partial charge on any atom is 0.0346 e. The van der Waals surface area contributed by atoms with Gasteiger partial charge in [0.2, 0.25) is 0 Å². The maximum absolute atomic E-state index is 3.46. The van der Waals surface area contributed by atoms with E-state index in [1.165, 1.54) is 16.0 Å². The van der Waals surface area contributed by atoms with Gasteiger partial charge >= 0.3 is 0 Å². The van der Waals surface area contributed by atoms with E-state index in [1.807, 2.05) is 7.05 Å². The Hall–Kier alpha value is -1.86. The minimum atomic E-state index is 0.389. The summed E-state index contributed by atoms with van der Waals surface area (Å²) in [5.41, 5.74) is 1.36. The minimum absolute atomic E-state index is 0.389. The van der Waals surface area contributed by atoms with Crippen LogP contribution >= 0.6 is 0 Å². The van der Waals surface area contributed by atoms with Crippen molar-refractivity contribution in [3.05, 3.63) is 70.6 Å². The Morgan fingerprint density at radius 3 is 2.19 bits per heavy atom. The summed E-state index contributed by atoms with van der Waals surface area (Å²) in [5.74, 6) is 0.544. The maximum atomic E-state index is 3.46. The lowest BCUT2D eigenvalue weighted by molar-refractivity contribution is 0.421. The van der Waals surface area contributed by atoms with Crippen molar-refractivity contribution in [3.8, 4) is 0 Å². The molecular formula is C20H25N. The first-order chi connectivity index (χ1) is 10.3. The van der Waals surface area contributed by atoms with Gasteiger partial charge in [-0.25, -0.2) is 0 Å². The molecule has 0 heterocycles. The van der Waals surface area contributed by atoms with E-state index in [0.29, 0.717) is 12.0 Å². The van der Waals surface area contributed by atoms with Gasteiger partial charge in [0.1, 0.15) is 0 Å². The highest BCUT2D eigenvalue weighted by atomic mass is 14.9. The van der Waals surface area contributed by atoms with E-state index < -0.39 is 0 Å². The molecule has 0 aliphatic heterocycles. The molecule has 2 atom stereocenters. The normalized spacial score (nSPS) is 16.0. The Kier molecular flexibility index (Phi) is 5.77. The van der Waals surface area contributed by atoms with Gasteiger partial charge in [0.05, 0.1) is 0 Å². The fourth-order valence-electron chi connectivity index (χ4n) is 2.85. The van der Waals surface area contributed by atoms with Crippen molar-refractivity contribution in [2.45, 2.75) is 26.3 Å². The lowest BCUT2D eigenvalue weighted by Gasteiger charge is -2.23. The zero-order valence-corrected chi connectivity index (χ0v) is 13.2. The van der Waals surface area contributed by atoms with E-state index in [1.54, 1.807) is 0 Å². The zero-order valence-electron chi connectivity index (χ0n) is 13.2. The topological polar surface area (TPSA) is 12.0 Å². The van der Waals surface area contributed by atoms with E-state index in [0.717, 1.165) is 6.42 Å². The van der Waals surface area contributed by atoms with Gasteiger partial charge in [0.15, 0.2) is 0 Å². The molecule has 1 N–H and O–H groups in total. The fraction of sp³-hybridized carbons (Fsp3) is 0.300. The second-order valence-corrected chi connectivity index (χ2v) is 5.51. The van der Waals surface area contributed by atoms with Crippen LogP contribution in [-0.4, -0.2) is 7.05 Å². The Bertz CT molecular complexity index is 658. The van der Waals surface area contributed by atoms with Crippen molar-refractivity contribution in [1.82, 2.24) is 5.32 Å². The third kappa shape index (κ3) is 4.05. The number of rotatable bonds is 5. The van der Waals surface area contributed by atoms with Crippen molar-refractivity contribution < 1.29 is 0 Å². The van der Waals surface area contributed by atoms with Crippen LogP contribution in [0.5, 0.6) is 0 Å². The molecule has 0 aliphatic carbocycles. The summed E-state index contributed by atoms with van der Waals surface area (Å²) in [6.07, 6.45) is 5.59. The number of nitrogens with one attached hydrogen (secondary N) is 1. The SMILES string of the molecule is C/C=c1/cccc/c1=C/CC(C)C(NC)c1ccccc1. The minimum Gasteiger partial charge on any atom is -0.313 e. The summed E-state index contributed by atoms with van der Waals surface area (Å²) in [4.78, 5) is 0. The number of benzene rings is 2. The Balaban J connectivity index is 2.19. The van der Waals surface area contributed by atoms with Crippen molar-refractivity contribution in [1.29, 1.82) is 0 Å². The number of hydrogen-bond acceptors (Lipinski definition) is 1. The van der Waals surface area contributed by atoms with Crippen LogP contribution in [0.3, 0.4) is 0 Å². The van der Waals surface area contributed by atoms with Crippen molar-refractivity contribution in [2.24, 2.45) is 5.92 Å². The van der Waals surface area contributed by atoms with Gasteiger partial charge in [0.25, 0.3) is 0 Å². The third-order valence-corrected chi connectivity index (χ3v) is 4.06. The van der Waals surface area contributed by atoms with Gasteiger partial charge in [-0.05, 0) is 42.3 Å². The Morgan fingerprint density at radius 1 is 0.952 bits per heavy atom. The molecule has 1 heteroatoms. The van der Waals surface area contributed by atoms with Gasteiger partial charge < -0.3 is 5.32 Å². The molecule has 21 heavy (non-hydrogen) atoms. The van der Waals surface area contributed by atoms with Crippen LogP contribution in [0.2, 0.25) is 0 Å². The van der Waals surface area contributed by atoms with E-state index in [4.69, 9.17) is 0 Å². The molecule has 2 aromatic rings. The number of hydrogen-bond donors (Lipinski definition) is 1. The first-order valence-corrected chi connectivity index (χ1v) is 7.70. The molecule has 0 aromatic heterocycles. The van der Waals surface area contributed by atoms with Crippen molar-refractivity contribution in [3.63, 3.8) is 0 Å². The van der Waals surface area contributed by atoms with Gasteiger partial charge in [-0.1, -0.05) is 73.7 Å². The van der Waals surface area contributed by atoms with E-state index in [9.17, 15) is 0 Å². The smallest absolute Gasteiger partial charge is 0.0346 e. The Labute approximate surface area is 128 Å². The largest absolute Gasteiger partial charge is 0.313 e. The predicted molar refractivity (Wildman–Crippen MR) is 92.3 cm³/mol. The van der Waals surface area contributed by atoms with Crippen molar-refractivity contribution in [2.75, 3.05) is 7.05 Å². The molecule has 0 bridgehead atoms. The molecule has 2 rings (SSSR count). The zero-order chi connectivity index (χ0) is 15.1. The molecule has 2 aromatic carbocycles. The molecule has 0 aliphatic rings. The molecule has 0 saturated heterocycles. The van der Waals surface area contributed by atoms with Gasteiger partial charge in [-0.15, -0.1) is 0 Å². The summed E-state index contributed by atoms with van der Waals surface area (Å²) in [7, 11) is 2.04. The molecular weight excluding hydrogens is 254 g/mol. The lowest BCUT2D eigenvalue weighted by Crippen LogP contribution is -2.26. The molecule has 2 unspecified atom stereocenters. The second kappa shape index (κ2) is 7.80. The molecule has 0 saturated carbocycles. The molecule has 1 nitrogen and oxygen atoms in total. The summed E-state index contributed by atoms with van der Waals surface area (Å²) >= 11 is 0. The van der Waals surface area contributed by atoms with E-state index in [-0.39, 0.29) is 0 Å². The second-order valence-electron chi connectivity index (χ2n) is 5.51. The molecule has 0 amide bonds. The van der Waals surface area contributed by atoms with Gasteiger partial charge in [-0.2, -0.15) is 0 Å². The van der Waals surface area contributed by atoms with Crippen LogP contribution in [0.1, 0.15) is 31.9 Å². The predicted octanol–water partition coefficient (Wildman–Crippen LogP) is 3.25. The van der Waals surface area contributed by atoms with Crippen molar-refractivity contribution >= 4 is 12.2 Å². The van der Waals surface area contributed by atoms with Crippen LogP contribution in [0.15, 0.2) is 54.6 Å². The van der Waals surface area contributed by atoms with Gasteiger partial charge in [0, 0.05) is 6.04 Å². The quantitative estimate of drug-likeness (QED) is 0.886. The Morgan fingerprint density at radius 2 is 1.57 bits per heavy atom. The molecule has 0 radical (unpaired) electrons.